The van der Waals surface area contributed by atoms with E-state index in [1.807, 2.05) is 0 Å². The smallest absolute Gasteiger partial charge is 0.155 e. The van der Waals surface area contributed by atoms with Crippen LogP contribution < -0.4 is 0 Å². The van der Waals surface area contributed by atoms with Crippen molar-refractivity contribution in [1.82, 2.24) is 0 Å². The fraction of sp³-hybridized carbons (Fsp3) is 0.810. The van der Waals surface area contributed by atoms with Crippen molar-refractivity contribution in [3.63, 3.8) is 0 Å². The summed E-state index contributed by atoms with van der Waals surface area (Å²) in [4.78, 5) is 24.2. The normalized spacial score (nSPS) is 49.0. The maximum Gasteiger partial charge on any atom is 0.155 e. The molecule has 3 unspecified atom stereocenters. The predicted molar refractivity (Wildman–Crippen MR) is 90.9 cm³/mol. The van der Waals surface area contributed by atoms with Gasteiger partial charge in [-0.25, -0.2) is 0 Å². The van der Waals surface area contributed by atoms with E-state index in [1.165, 1.54) is 19.3 Å². The standard InChI is InChI=1S/C21H30O2/c1-13(22)14-8-10-20(2)15(12-14)4-5-16-17-6-7-19(23)21(17,3)11-9-18(16)20/h8,15-18H,4-7,9-12H2,1-3H3/t15-,16?,17?,18?,20-,21-/m0/s1. The van der Waals surface area contributed by atoms with E-state index >= 15 is 0 Å². The van der Waals surface area contributed by atoms with E-state index in [-0.39, 0.29) is 11.2 Å². The molecule has 0 saturated heterocycles. The molecule has 0 aromatic heterocycles. The zero-order chi connectivity index (χ0) is 16.4. The number of allylic oxidation sites excluding steroid dienone is 2. The van der Waals surface area contributed by atoms with Gasteiger partial charge < -0.3 is 0 Å². The Kier molecular flexibility index (Phi) is 3.42. The second-order valence-corrected chi connectivity index (χ2v) is 9.27. The molecule has 3 saturated carbocycles. The van der Waals surface area contributed by atoms with E-state index in [4.69, 9.17) is 0 Å². The van der Waals surface area contributed by atoms with Crippen LogP contribution in [0, 0.1) is 34.5 Å². The molecule has 0 spiro atoms. The second kappa shape index (κ2) is 5.04. The first-order valence-electron chi connectivity index (χ1n) is 9.59. The van der Waals surface area contributed by atoms with E-state index in [1.54, 1.807) is 6.92 Å². The van der Waals surface area contributed by atoms with Gasteiger partial charge in [0.2, 0.25) is 0 Å². The minimum absolute atomic E-state index is 0.0145. The van der Waals surface area contributed by atoms with E-state index in [0.717, 1.165) is 49.5 Å². The highest BCUT2D eigenvalue weighted by Crippen LogP contribution is 2.65. The van der Waals surface area contributed by atoms with E-state index in [2.05, 4.69) is 19.9 Å². The molecule has 4 aliphatic rings. The fourth-order valence-corrected chi connectivity index (χ4v) is 6.94. The van der Waals surface area contributed by atoms with Gasteiger partial charge in [-0.2, -0.15) is 0 Å². The molecule has 4 aliphatic carbocycles. The average Bonchev–Trinajstić information content (AvgIpc) is 2.82. The first kappa shape index (κ1) is 15.6. The van der Waals surface area contributed by atoms with Crippen LogP contribution in [0.15, 0.2) is 11.6 Å². The third-order valence-corrected chi connectivity index (χ3v) is 8.48. The van der Waals surface area contributed by atoms with Gasteiger partial charge in [-0.05, 0) is 86.5 Å². The minimum atomic E-state index is -0.0145. The quantitative estimate of drug-likeness (QED) is 0.701. The largest absolute Gasteiger partial charge is 0.299 e. The summed E-state index contributed by atoms with van der Waals surface area (Å²) in [5.41, 5.74) is 1.41. The molecule has 23 heavy (non-hydrogen) atoms. The van der Waals surface area contributed by atoms with Crippen molar-refractivity contribution >= 4 is 11.6 Å². The van der Waals surface area contributed by atoms with E-state index in [0.29, 0.717) is 23.0 Å². The maximum atomic E-state index is 12.4. The molecule has 3 fully saturated rings. The first-order chi connectivity index (χ1) is 10.9. The molecule has 0 bridgehead atoms. The molecule has 0 N–H and O–H groups in total. The first-order valence-corrected chi connectivity index (χ1v) is 9.59. The van der Waals surface area contributed by atoms with Crippen LogP contribution in [-0.2, 0) is 9.59 Å². The van der Waals surface area contributed by atoms with Crippen molar-refractivity contribution in [1.29, 1.82) is 0 Å². The summed E-state index contributed by atoms with van der Waals surface area (Å²) in [7, 11) is 0. The van der Waals surface area contributed by atoms with Crippen LogP contribution in [0.2, 0.25) is 0 Å². The Labute approximate surface area is 140 Å². The van der Waals surface area contributed by atoms with Crippen LogP contribution in [0.1, 0.15) is 72.1 Å². The summed E-state index contributed by atoms with van der Waals surface area (Å²) in [5.74, 6) is 3.62. The van der Waals surface area contributed by atoms with Gasteiger partial charge in [0.1, 0.15) is 5.78 Å². The van der Waals surface area contributed by atoms with Crippen molar-refractivity contribution in [2.75, 3.05) is 0 Å². The van der Waals surface area contributed by atoms with Crippen molar-refractivity contribution in [2.45, 2.75) is 72.1 Å². The number of Topliss-reactive ketones (excluding diaryl/α,β-unsaturated/α-hetero) is 2. The van der Waals surface area contributed by atoms with Gasteiger partial charge in [0.05, 0.1) is 0 Å². The molecule has 6 atom stereocenters. The molecular weight excluding hydrogens is 284 g/mol. The minimum Gasteiger partial charge on any atom is -0.299 e. The Morgan fingerprint density at radius 1 is 1.13 bits per heavy atom. The Balaban J connectivity index is 1.64. The summed E-state index contributed by atoms with van der Waals surface area (Å²) in [6.07, 6.45) is 11.1. The van der Waals surface area contributed by atoms with Crippen molar-refractivity contribution in [3.8, 4) is 0 Å². The highest BCUT2D eigenvalue weighted by atomic mass is 16.1. The molecule has 2 nitrogen and oxygen atoms in total. The monoisotopic (exact) mass is 314 g/mol. The molecule has 126 valence electrons. The Morgan fingerprint density at radius 3 is 2.65 bits per heavy atom. The predicted octanol–water partition coefficient (Wildman–Crippen LogP) is 4.72. The Hall–Kier alpha value is -0.920. The number of carbonyl (C=O) groups excluding carboxylic acids is 2. The van der Waals surface area contributed by atoms with Crippen LogP contribution in [0.25, 0.3) is 0 Å². The zero-order valence-corrected chi connectivity index (χ0v) is 14.9. The number of rotatable bonds is 1. The number of fused-ring (bicyclic) bond motifs is 5. The molecule has 0 amide bonds. The van der Waals surface area contributed by atoms with Gasteiger partial charge in [0, 0.05) is 11.8 Å². The number of carbonyl (C=O) groups is 2. The van der Waals surface area contributed by atoms with Crippen LogP contribution in [0.4, 0.5) is 0 Å². The summed E-state index contributed by atoms with van der Waals surface area (Å²) in [6.45, 7) is 6.46. The van der Waals surface area contributed by atoms with E-state index < -0.39 is 0 Å². The summed E-state index contributed by atoms with van der Waals surface area (Å²) < 4.78 is 0. The molecule has 0 heterocycles. The van der Waals surface area contributed by atoms with Gasteiger partial charge in [-0.3, -0.25) is 9.59 Å². The van der Waals surface area contributed by atoms with Gasteiger partial charge in [-0.15, -0.1) is 0 Å². The van der Waals surface area contributed by atoms with Crippen LogP contribution >= 0.6 is 0 Å². The third kappa shape index (κ3) is 2.06. The molecule has 4 rings (SSSR count). The third-order valence-electron chi connectivity index (χ3n) is 8.48. The molecular formula is C21H30O2. The summed E-state index contributed by atoms with van der Waals surface area (Å²) in [6, 6.07) is 0. The second-order valence-electron chi connectivity index (χ2n) is 9.27. The summed E-state index contributed by atoms with van der Waals surface area (Å²) in [5, 5.41) is 0. The van der Waals surface area contributed by atoms with Gasteiger partial charge >= 0.3 is 0 Å². The van der Waals surface area contributed by atoms with Gasteiger partial charge in [0.25, 0.3) is 0 Å². The molecule has 0 aromatic rings. The lowest BCUT2D eigenvalue weighted by Gasteiger charge is -2.59. The lowest BCUT2D eigenvalue weighted by atomic mass is 9.45. The highest BCUT2D eigenvalue weighted by Gasteiger charge is 2.59. The SMILES string of the molecule is CC(=O)C1=CC[C@]2(C)C3CC[C@]4(C)C(=O)CCC4C3CC[C@H]2C1. The lowest BCUT2D eigenvalue weighted by molar-refractivity contribution is -0.136. The number of ketones is 2. The van der Waals surface area contributed by atoms with Crippen molar-refractivity contribution < 1.29 is 9.59 Å². The van der Waals surface area contributed by atoms with E-state index in [9.17, 15) is 9.59 Å². The topological polar surface area (TPSA) is 34.1 Å². The number of hydrogen-bond donors (Lipinski definition) is 0. The lowest BCUT2D eigenvalue weighted by Crippen LogP contribution is -2.52. The average molecular weight is 314 g/mol. The highest BCUT2D eigenvalue weighted by molar-refractivity contribution is 5.93. The zero-order valence-electron chi connectivity index (χ0n) is 14.9. The van der Waals surface area contributed by atoms with Crippen molar-refractivity contribution in [3.05, 3.63) is 11.6 Å². The number of hydrogen-bond acceptors (Lipinski definition) is 2. The van der Waals surface area contributed by atoms with Crippen molar-refractivity contribution in [2.24, 2.45) is 34.5 Å². The fourth-order valence-electron chi connectivity index (χ4n) is 6.94. The van der Waals surface area contributed by atoms with Gasteiger partial charge in [0.15, 0.2) is 5.78 Å². The Morgan fingerprint density at radius 2 is 1.91 bits per heavy atom. The molecule has 0 radical (unpaired) electrons. The molecule has 2 heteroatoms. The van der Waals surface area contributed by atoms with Gasteiger partial charge in [-0.1, -0.05) is 19.9 Å². The summed E-state index contributed by atoms with van der Waals surface area (Å²) >= 11 is 0. The Bertz CT molecular complexity index is 589. The van der Waals surface area contributed by atoms with Crippen LogP contribution in [-0.4, -0.2) is 11.6 Å². The maximum absolute atomic E-state index is 12.4. The van der Waals surface area contributed by atoms with Crippen LogP contribution in [0.3, 0.4) is 0 Å². The van der Waals surface area contributed by atoms with Crippen LogP contribution in [0.5, 0.6) is 0 Å². The molecule has 0 aliphatic heterocycles. The molecule has 0 aromatic carbocycles.